The van der Waals surface area contributed by atoms with E-state index in [-0.39, 0.29) is 11.8 Å². The predicted octanol–water partition coefficient (Wildman–Crippen LogP) is 8.22. The highest BCUT2D eigenvalue weighted by Gasteiger charge is 2.21. The summed E-state index contributed by atoms with van der Waals surface area (Å²) in [5.74, 6) is 5.10. The maximum Gasteiger partial charge on any atom is 0.203 e. The zero-order chi connectivity index (χ0) is 34.4. The van der Waals surface area contributed by atoms with Crippen LogP contribution in [0.1, 0.15) is 59.8 Å². The van der Waals surface area contributed by atoms with E-state index in [1.807, 2.05) is 80.6 Å². The number of methoxy groups -OCH3 is 5. The van der Waals surface area contributed by atoms with E-state index in [4.69, 9.17) is 33.7 Å². The number of benzene rings is 4. The van der Waals surface area contributed by atoms with Gasteiger partial charge in [-0.2, -0.15) is 0 Å². The van der Waals surface area contributed by atoms with E-state index in [9.17, 15) is 0 Å². The largest absolute Gasteiger partial charge is 0.497 e. The van der Waals surface area contributed by atoms with Crippen molar-refractivity contribution in [2.75, 3.05) is 35.5 Å². The van der Waals surface area contributed by atoms with E-state index in [1.54, 1.807) is 35.5 Å². The number of para-hydroxylation sites is 2. The van der Waals surface area contributed by atoms with Crippen LogP contribution in [0.15, 0.2) is 78.9 Å². The molecule has 0 radical (unpaired) electrons. The van der Waals surface area contributed by atoms with Gasteiger partial charge in [0.1, 0.15) is 23.1 Å². The van der Waals surface area contributed by atoms with Gasteiger partial charge in [-0.3, -0.25) is 0 Å². The van der Waals surface area contributed by atoms with Crippen LogP contribution in [0.25, 0.3) is 21.8 Å². The zero-order valence-electron chi connectivity index (χ0n) is 29.0. The lowest BCUT2D eigenvalue weighted by Gasteiger charge is -2.19. The summed E-state index contributed by atoms with van der Waals surface area (Å²) in [7, 11) is 8.16. The molecule has 48 heavy (non-hydrogen) atoms. The van der Waals surface area contributed by atoms with E-state index in [0.29, 0.717) is 17.2 Å². The third-order valence-corrected chi connectivity index (χ3v) is 8.37. The number of fused-ring (bicyclic) bond motifs is 2. The highest BCUT2D eigenvalue weighted by atomic mass is 16.5. The molecule has 9 heteroatoms. The van der Waals surface area contributed by atoms with E-state index in [1.165, 1.54) is 0 Å². The quantitative estimate of drug-likeness (QED) is 0.154. The lowest BCUT2D eigenvalue weighted by molar-refractivity contribution is 0.323. The van der Waals surface area contributed by atoms with Gasteiger partial charge in [0.2, 0.25) is 5.75 Å². The molecule has 0 spiro atoms. The highest BCUT2D eigenvalue weighted by Crippen LogP contribution is 2.41. The molecule has 2 aromatic heterocycles. The minimum atomic E-state index is 0.0420. The van der Waals surface area contributed by atoms with Crippen molar-refractivity contribution in [1.82, 2.24) is 19.9 Å². The van der Waals surface area contributed by atoms with Gasteiger partial charge >= 0.3 is 0 Å². The number of aromatic nitrogens is 4. The number of hydrogen-bond acceptors (Lipinski definition) is 9. The van der Waals surface area contributed by atoms with Crippen molar-refractivity contribution in [3.8, 4) is 28.7 Å². The molecule has 2 atom stereocenters. The number of nitrogens with zero attached hydrogens (tertiary/aromatic N) is 4. The molecule has 9 nitrogen and oxygen atoms in total. The Labute approximate surface area is 281 Å². The van der Waals surface area contributed by atoms with Crippen molar-refractivity contribution < 1.29 is 23.7 Å². The van der Waals surface area contributed by atoms with E-state index < -0.39 is 0 Å². The van der Waals surface area contributed by atoms with Gasteiger partial charge in [-0.1, -0.05) is 50.2 Å². The van der Waals surface area contributed by atoms with Gasteiger partial charge in [-0.25, -0.2) is 19.9 Å². The molecule has 6 rings (SSSR count). The third kappa shape index (κ3) is 7.10. The zero-order valence-corrected chi connectivity index (χ0v) is 29.0. The lowest BCUT2D eigenvalue weighted by atomic mass is 9.94. The second-order valence-electron chi connectivity index (χ2n) is 11.4. The summed E-state index contributed by atoms with van der Waals surface area (Å²) in [6, 6.07) is 26.0. The average Bonchev–Trinajstić information content (AvgIpc) is 3.12. The van der Waals surface area contributed by atoms with Gasteiger partial charge in [0, 0.05) is 28.7 Å². The average molecular weight is 647 g/mol. The number of aryl methyl sites for hydroxylation is 2. The van der Waals surface area contributed by atoms with Crippen molar-refractivity contribution in [3.63, 3.8) is 0 Å². The Morgan fingerprint density at radius 1 is 0.479 bits per heavy atom. The molecule has 0 fully saturated rings. The van der Waals surface area contributed by atoms with Crippen molar-refractivity contribution in [2.24, 2.45) is 0 Å². The first kappa shape index (κ1) is 33.9. The van der Waals surface area contributed by atoms with Crippen LogP contribution in [0.3, 0.4) is 0 Å². The molecule has 0 saturated heterocycles. The fourth-order valence-corrected chi connectivity index (χ4v) is 5.85. The van der Waals surface area contributed by atoms with Crippen LogP contribution in [-0.4, -0.2) is 55.5 Å². The van der Waals surface area contributed by atoms with Gasteiger partial charge in [0.15, 0.2) is 11.5 Å². The second kappa shape index (κ2) is 15.0. The minimum absolute atomic E-state index is 0.0420. The van der Waals surface area contributed by atoms with Gasteiger partial charge in [-0.05, 0) is 61.4 Å². The summed E-state index contributed by atoms with van der Waals surface area (Å²) >= 11 is 0. The van der Waals surface area contributed by atoms with Crippen molar-refractivity contribution in [3.05, 3.63) is 113 Å². The first-order chi connectivity index (χ1) is 23.2. The molecule has 248 valence electrons. The van der Waals surface area contributed by atoms with Crippen molar-refractivity contribution in [1.29, 1.82) is 0 Å². The molecule has 2 unspecified atom stereocenters. The van der Waals surface area contributed by atoms with Gasteiger partial charge in [0.25, 0.3) is 0 Å². The van der Waals surface area contributed by atoms with Crippen molar-refractivity contribution in [2.45, 2.75) is 39.5 Å². The highest BCUT2D eigenvalue weighted by molar-refractivity contribution is 5.82. The first-order valence-corrected chi connectivity index (χ1v) is 15.7. The molecule has 0 aliphatic heterocycles. The van der Waals surface area contributed by atoms with E-state index >= 15 is 0 Å². The molecule has 0 aliphatic carbocycles. The van der Waals surface area contributed by atoms with Crippen molar-refractivity contribution >= 4 is 21.8 Å². The molecule has 0 bridgehead atoms. The number of hydrogen-bond donors (Lipinski definition) is 0. The van der Waals surface area contributed by atoms with E-state index in [0.717, 1.165) is 67.5 Å². The molecular formula is C39H42N4O5. The van der Waals surface area contributed by atoms with Crippen LogP contribution in [0.5, 0.6) is 28.7 Å². The smallest absolute Gasteiger partial charge is 0.203 e. The standard InChI is InChI=1S/C20H22N2O3.C19H20N2O2/c1-12(14-10-17(23-3)20(25-5)18(11-14)24-4)19-15-8-6-7-9-16(15)21-13(2)22-19;1-12(14-9-15(22-3)11-16(10-14)23-4)19-17-7-5-6-8-18(17)20-13(2)21-19/h6-12H,1-5H3;5-12H,1-4H3. The minimum Gasteiger partial charge on any atom is -0.497 e. The van der Waals surface area contributed by atoms with Crippen LogP contribution in [-0.2, 0) is 0 Å². The SMILES string of the molecule is COc1cc(C(C)c2nc(C)nc3ccccc23)cc(OC)c1OC.COc1cc(OC)cc(C(C)c2nc(C)nc3ccccc23)c1. The second-order valence-corrected chi connectivity index (χ2v) is 11.4. The summed E-state index contributed by atoms with van der Waals surface area (Å²) in [6.07, 6.45) is 0. The summed E-state index contributed by atoms with van der Waals surface area (Å²) in [5, 5.41) is 2.13. The molecule has 0 saturated carbocycles. The van der Waals surface area contributed by atoms with Gasteiger partial charge in [-0.15, -0.1) is 0 Å². The normalized spacial score (nSPS) is 12.1. The molecule has 0 N–H and O–H groups in total. The lowest BCUT2D eigenvalue weighted by Crippen LogP contribution is -2.05. The van der Waals surface area contributed by atoms with Crippen LogP contribution >= 0.6 is 0 Å². The Morgan fingerprint density at radius 3 is 1.29 bits per heavy atom. The summed E-state index contributed by atoms with van der Waals surface area (Å²) < 4.78 is 27.1. The van der Waals surface area contributed by atoms with Crippen LogP contribution in [0.2, 0.25) is 0 Å². The van der Waals surface area contributed by atoms with Crippen LogP contribution < -0.4 is 23.7 Å². The Morgan fingerprint density at radius 2 is 0.896 bits per heavy atom. The molecule has 4 aromatic carbocycles. The number of ether oxygens (including phenoxy) is 5. The maximum atomic E-state index is 5.48. The number of rotatable bonds is 9. The van der Waals surface area contributed by atoms with Crippen LogP contribution in [0, 0.1) is 13.8 Å². The monoisotopic (exact) mass is 646 g/mol. The molecule has 6 aromatic rings. The fraction of sp³-hybridized carbons (Fsp3) is 0.282. The fourth-order valence-electron chi connectivity index (χ4n) is 5.85. The van der Waals surface area contributed by atoms with Gasteiger partial charge in [0.05, 0.1) is 58.0 Å². The van der Waals surface area contributed by atoms with E-state index in [2.05, 4.69) is 35.9 Å². The first-order valence-electron chi connectivity index (χ1n) is 15.7. The maximum absolute atomic E-state index is 5.48. The molecular weight excluding hydrogens is 604 g/mol. The third-order valence-electron chi connectivity index (χ3n) is 8.37. The van der Waals surface area contributed by atoms with Gasteiger partial charge < -0.3 is 23.7 Å². The Hall–Kier alpha value is -5.44. The Kier molecular flexibility index (Phi) is 10.6. The predicted molar refractivity (Wildman–Crippen MR) is 189 cm³/mol. The molecule has 0 aliphatic rings. The molecule has 0 amide bonds. The molecule has 2 heterocycles. The van der Waals surface area contributed by atoms with Crippen LogP contribution in [0.4, 0.5) is 0 Å². The summed E-state index contributed by atoms with van der Waals surface area (Å²) in [5.41, 5.74) is 6.06. The topological polar surface area (TPSA) is 97.7 Å². The summed E-state index contributed by atoms with van der Waals surface area (Å²) in [6.45, 7) is 8.10. The Balaban J connectivity index is 0.000000188. The Bertz CT molecular complexity index is 2000. The summed E-state index contributed by atoms with van der Waals surface area (Å²) in [4.78, 5) is 18.4.